The zero-order valence-corrected chi connectivity index (χ0v) is 9.90. The molecular formula is C13H22S. The number of hydrogen-bond donors (Lipinski definition) is 0. The summed E-state index contributed by atoms with van der Waals surface area (Å²) in [5.41, 5.74) is 0. The minimum atomic E-state index is 1.07. The van der Waals surface area contributed by atoms with Gasteiger partial charge in [0.05, 0.1) is 0 Å². The van der Waals surface area contributed by atoms with Crippen molar-refractivity contribution in [2.75, 3.05) is 0 Å². The molecule has 3 fully saturated rings. The molecule has 1 heterocycles. The Morgan fingerprint density at radius 3 is 1.71 bits per heavy atom. The quantitative estimate of drug-likeness (QED) is 0.576. The lowest BCUT2D eigenvalue weighted by Gasteiger charge is -2.45. The summed E-state index contributed by atoms with van der Waals surface area (Å²) in [7, 11) is 0. The molecule has 2 aliphatic carbocycles. The lowest BCUT2D eigenvalue weighted by atomic mass is 9.76. The molecule has 2 saturated carbocycles. The molecule has 0 bridgehead atoms. The van der Waals surface area contributed by atoms with Crippen molar-refractivity contribution in [2.45, 2.75) is 68.3 Å². The average Bonchev–Trinajstić information content (AvgIpc) is 2.26. The smallest absolute Gasteiger partial charge is 0.00783 e. The standard InChI is InChI=1S/C13H22S/c1-3-7-12-10(5-1)9-11-6-2-4-8-13(11)14-12/h10-13H,1-9H2. The highest BCUT2D eigenvalue weighted by Gasteiger charge is 2.39. The predicted molar refractivity (Wildman–Crippen MR) is 63.7 cm³/mol. The van der Waals surface area contributed by atoms with E-state index in [4.69, 9.17) is 0 Å². The third-order valence-corrected chi connectivity index (χ3v) is 6.57. The van der Waals surface area contributed by atoms with Gasteiger partial charge in [-0.2, -0.15) is 11.8 Å². The predicted octanol–water partition coefficient (Wildman–Crippen LogP) is 4.24. The van der Waals surface area contributed by atoms with Crippen LogP contribution in [0.4, 0.5) is 0 Å². The molecule has 3 aliphatic rings. The molecule has 0 aromatic carbocycles. The highest BCUT2D eigenvalue weighted by atomic mass is 32.2. The van der Waals surface area contributed by atoms with Gasteiger partial charge < -0.3 is 0 Å². The SMILES string of the molecule is C1CCC2SC3CCCCC3CC2C1. The zero-order chi connectivity index (χ0) is 9.38. The van der Waals surface area contributed by atoms with E-state index in [1.165, 1.54) is 25.7 Å². The van der Waals surface area contributed by atoms with Crippen molar-refractivity contribution in [1.29, 1.82) is 0 Å². The van der Waals surface area contributed by atoms with Gasteiger partial charge in [0, 0.05) is 10.5 Å². The van der Waals surface area contributed by atoms with E-state index >= 15 is 0 Å². The van der Waals surface area contributed by atoms with Crippen molar-refractivity contribution < 1.29 is 0 Å². The number of hydrogen-bond acceptors (Lipinski definition) is 1. The molecule has 0 nitrogen and oxygen atoms in total. The molecule has 3 rings (SSSR count). The van der Waals surface area contributed by atoms with Crippen LogP contribution in [0.5, 0.6) is 0 Å². The lowest BCUT2D eigenvalue weighted by Crippen LogP contribution is -2.37. The Kier molecular flexibility index (Phi) is 2.79. The second kappa shape index (κ2) is 4.08. The first-order valence-corrected chi connectivity index (χ1v) is 7.53. The van der Waals surface area contributed by atoms with Crippen LogP contribution in [0.15, 0.2) is 0 Å². The van der Waals surface area contributed by atoms with Gasteiger partial charge in [-0.3, -0.25) is 0 Å². The first-order chi connectivity index (χ1) is 6.93. The van der Waals surface area contributed by atoms with E-state index < -0.39 is 0 Å². The van der Waals surface area contributed by atoms with E-state index in [1.54, 1.807) is 32.1 Å². The fourth-order valence-corrected chi connectivity index (χ4v) is 5.85. The van der Waals surface area contributed by atoms with E-state index in [9.17, 15) is 0 Å². The van der Waals surface area contributed by atoms with Crippen LogP contribution in [0.1, 0.15) is 57.8 Å². The number of thioether (sulfide) groups is 1. The fraction of sp³-hybridized carbons (Fsp3) is 1.00. The van der Waals surface area contributed by atoms with E-state index in [0.717, 1.165) is 22.3 Å². The van der Waals surface area contributed by atoms with Crippen molar-refractivity contribution in [1.82, 2.24) is 0 Å². The van der Waals surface area contributed by atoms with Gasteiger partial charge in [0.1, 0.15) is 0 Å². The number of fused-ring (bicyclic) bond motifs is 2. The summed E-state index contributed by atoms with van der Waals surface area (Å²) in [4.78, 5) is 0. The largest absolute Gasteiger partial charge is 0.155 e. The van der Waals surface area contributed by atoms with Crippen LogP contribution in [0.25, 0.3) is 0 Å². The minimum absolute atomic E-state index is 1.07. The van der Waals surface area contributed by atoms with Gasteiger partial charge in [0.15, 0.2) is 0 Å². The average molecular weight is 210 g/mol. The summed E-state index contributed by atoms with van der Waals surface area (Å²) in [5, 5.41) is 2.14. The van der Waals surface area contributed by atoms with Crippen LogP contribution in [-0.4, -0.2) is 10.5 Å². The maximum Gasteiger partial charge on any atom is 0.00783 e. The highest BCUT2D eigenvalue weighted by molar-refractivity contribution is 8.00. The molecule has 4 atom stereocenters. The van der Waals surface area contributed by atoms with Gasteiger partial charge in [-0.1, -0.05) is 25.7 Å². The van der Waals surface area contributed by atoms with E-state index in [0.29, 0.717) is 0 Å². The van der Waals surface area contributed by atoms with Crippen molar-refractivity contribution in [3.63, 3.8) is 0 Å². The second-order valence-corrected chi connectivity index (χ2v) is 7.02. The third-order valence-electron chi connectivity index (χ3n) is 4.63. The molecular weight excluding hydrogens is 188 g/mol. The van der Waals surface area contributed by atoms with Crippen LogP contribution in [0, 0.1) is 11.8 Å². The van der Waals surface area contributed by atoms with Crippen molar-refractivity contribution in [3.8, 4) is 0 Å². The van der Waals surface area contributed by atoms with Crippen molar-refractivity contribution >= 4 is 11.8 Å². The van der Waals surface area contributed by atoms with Crippen LogP contribution < -0.4 is 0 Å². The molecule has 14 heavy (non-hydrogen) atoms. The van der Waals surface area contributed by atoms with Crippen LogP contribution in [0.2, 0.25) is 0 Å². The Balaban J connectivity index is 1.68. The van der Waals surface area contributed by atoms with Gasteiger partial charge in [0.25, 0.3) is 0 Å². The Morgan fingerprint density at radius 2 is 1.14 bits per heavy atom. The van der Waals surface area contributed by atoms with E-state index in [-0.39, 0.29) is 0 Å². The molecule has 0 aromatic rings. The Hall–Kier alpha value is 0.350. The third kappa shape index (κ3) is 1.73. The molecule has 0 radical (unpaired) electrons. The molecule has 0 amide bonds. The van der Waals surface area contributed by atoms with Crippen molar-refractivity contribution in [3.05, 3.63) is 0 Å². The topological polar surface area (TPSA) is 0 Å². The van der Waals surface area contributed by atoms with Gasteiger partial charge in [-0.05, 0) is 43.9 Å². The Morgan fingerprint density at radius 1 is 0.643 bits per heavy atom. The molecule has 0 N–H and O–H groups in total. The summed E-state index contributed by atoms with van der Waals surface area (Å²) >= 11 is 2.40. The highest BCUT2D eigenvalue weighted by Crippen LogP contribution is 2.50. The summed E-state index contributed by atoms with van der Waals surface area (Å²) in [6.45, 7) is 0. The fourth-order valence-electron chi connectivity index (χ4n) is 3.86. The molecule has 80 valence electrons. The number of rotatable bonds is 0. The molecule has 0 aromatic heterocycles. The lowest BCUT2D eigenvalue weighted by molar-refractivity contribution is 0.238. The van der Waals surface area contributed by atoms with Gasteiger partial charge >= 0.3 is 0 Å². The van der Waals surface area contributed by atoms with E-state index in [1.807, 2.05) is 0 Å². The molecule has 1 heteroatoms. The van der Waals surface area contributed by atoms with Gasteiger partial charge in [0.2, 0.25) is 0 Å². The normalized spacial score (nSPS) is 48.0. The monoisotopic (exact) mass is 210 g/mol. The summed E-state index contributed by atoms with van der Waals surface area (Å²) in [6, 6.07) is 0. The van der Waals surface area contributed by atoms with Gasteiger partial charge in [-0.25, -0.2) is 0 Å². The van der Waals surface area contributed by atoms with Crippen LogP contribution in [-0.2, 0) is 0 Å². The maximum atomic E-state index is 2.40. The molecule has 1 saturated heterocycles. The van der Waals surface area contributed by atoms with Crippen LogP contribution in [0.3, 0.4) is 0 Å². The maximum absolute atomic E-state index is 2.40. The first-order valence-electron chi connectivity index (χ1n) is 6.59. The molecule has 4 unspecified atom stereocenters. The summed E-state index contributed by atoms with van der Waals surface area (Å²) < 4.78 is 0. The summed E-state index contributed by atoms with van der Waals surface area (Å²) in [5.74, 6) is 2.24. The van der Waals surface area contributed by atoms with Gasteiger partial charge in [-0.15, -0.1) is 0 Å². The van der Waals surface area contributed by atoms with Crippen molar-refractivity contribution in [2.24, 2.45) is 11.8 Å². The first kappa shape index (κ1) is 9.57. The van der Waals surface area contributed by atoms with Crippen LogP contribution >= 0.6 is 11.8 Å². The van der Waals surface area contributed by atoms with E-state index in [2.05, 4.69) is 11.8 Å². The minimum Gasteiger partial charge on any atom is -0.155 e. The zero-order valence-electron chi connectivity index (χ0n) is 9.08. The Labute approximate surface area is 92.2 Å². The second-order valence-electron chi connectivity index (χ2n) is 5.54. The molecule has 0 spiro atoms. The molecule has 1 aliphatic heterocycles. The summed E-state index contributed by atoms with van der Waals surface area (Å²) in [6.07, 6.45) is 13.9. The Bertz CT molecular complexity index is 159.